The van der Waals surface area contributed by atoms with E-state index in [1.54, 1.807) is 6.20 Å². The van der Waals surface area contributed by atoms with Crippen molar-refractivity contribution >= 4 is 0 Å². The van der Waals surface area contributed by atoms with Crippen molar-refractivity contribution < 1.29 is 4.74 Å². The van der Waals surface area contributed by atoms with Gasteiger partial charge >= 0.3 is 0 Å². The van der Waals surface area contributed by atoms with E-state index in [0.717, 1.165) is 37.6 Å². The topological polar surface area (TPSA) is 39.1 Å². The van der Waals surface area contributed by atoms with Gasteiger partial charge in [-0.3, -0.25) is 4.68 Å². The molecule has 0 spiro atoms. The van der Waals surface area contributed by atoms with Gasteiger partial charge in [-0.15, -0.1) is 0 Å². The van der Waals surface area contributed by atoms with Gasteiger partial charge in [-0.05, 0) is 36.6 Å². The Morgan fingerprint density at radius 3 is 2.62 bits per heavy atom. The summed E-state index contributed by atoms with van der Waals surface area (Å²) in [7, 11) is 0. The van der Waals surface area contributed by atoms with Crippen LogP contribution in [0.3, 0.4) is 0 Å². The van der Waals surface area contributed by atoms with Crippen LogP contribution in [0, 0.1) is 5.92 Å². The van der Waals surface area contributed by atoms with Crippen LogP contribution < -0.4 is 10.1 Å². The SMILES string of the molecule is CCCn1cc(Oc2ccc(CNCC(C)C)cc2)cn1. The fourth-order valence-corrected chi connectivity index (χ4v) is 2.07. The van der Waals surface area contributed by atoms with Crippen molar-refractivity contribution in [1.82, 2.24) is 15.1 Å². The van der Waals surface area contributed by atoms with E-state index >= 15 is 0 Å². The number of hydrogen-bond acceptors (Lipinski definition) is 3. The zero-order valence-corrected chi connectivity index (χ0v) is 13.2. The lowest BCUT2D eigenvalue weighted by Crippen LogP contribution is -2.18. The van der Waals surface area contributed by atoms with E-state index in [-0.39, 0.29) is 0 Å². The zero-order chi connectivity index (χ0) is 15.1. The van der Waals surface area contributed by atoms with Crippen molar-refractivity contribution in [2.75, 3.05) is 6.54 Å². The largest absolute Gasteiger partial charge is 0.454 e. The molecule has 2 aromatic rings. The van der Waals surface area contributed by atoms with Gasteiger partial charge in [0, 0.05) is 13.1 Å². The van der Waals surface area contributed by atoms with Crippen LogP contribution in [-0.4, -0.2) is 16.3 Å². The number of benzene rings is 1. The number of ether oxygens (including phenoxy) is 1. The Morgan fingerprint density at radius 2 is 1.95 bits per heavy atom. The minimum absolute atomic E-state index is 0.673. The van der Waals surface area contributed by atoms with Crippen LogP contribution in [0.25, 0.3) is 0 Å². The highest BCUT2D eigenvalue weighted by atomic mass is 16.5. The second kappa shape index (κ2) is 7.84. The van der Waals surface area contributed by atoms with Crippen LogP contribution in [0.5, 0.6) is 11.5 Å². The summed E-state index contributed by atoms with van der Waals surface area (Å²) in [6.45, 7) is 9.41. The van der Waals surface area contributed by atoms with Crippen molar-refractivity contribution in [2.45, 2.75) is 40.3 Å². The summed E-state index contributed by atoms with van der Waals surface area (Å²) in [4.78, 5) is 0. The second-order valence-corrected chi connectivity index (χ2v) is 5.71. The van der Waals surface area contributed by atoms with Gasteiger partial charge in [0.2, 0.25) is 0 Å². The van der Waals surface area contributed by atoms with Crippen LogP contribution in [0.1, 0.15) is 32.8 Å². The lowest BCUT2D eigenvalue weighted by molar-refractivity contribution is 0.480. The number of nitrogens with one attached hydrogen (secondary N) is 1. The van der Waals surface area contributed by atoms with Gasteiger partial charge in [0.25, 0.3) is 0 Å². The van der Waals surface area contributed by atoms with E-state index < -0.39 is 0 Å². The Morgan fingerprint density at radius 1 is 1.19 bits per heavy atom. The maximum atomic E-state index is 5.80. The fraction of sp³-hybridized carbons (Fsp3) is 0.471. The Hall–Kier alpha value is -1.81. The van der Waals surface area contributed by atoms with E-state index in [0.29, 0.717) is 5.92 Å². The van der Waals surface area contributed by atoms with Gasteiger partial charge in [0.1, 0.15) is 5.75 Å². The molecule has 0 amide bonds. The third-order valence-corrected chi connectivity index (χ3v) is 3.10. The van der Waals surface area contributed by atoms with Gasteiger partial charge in [0.05, 0.1) is 12.4 Å². The highest BCUT2D eigenvalue weighted by molar-refractivity contribution is 5.31. The summed E-state index contributed by atoms with van der Waals surface area (Å²) in [5, 5.41) is 7.69. The van der Waals surface area contributed by atoms with Crippen LogP contribution in [0.15, 0.2) is 36.7 Å². The second-order valence-electron chi connectivity index (χ2n) is 5.71. The first kappa shape index (κ1) is 15.6. The molecule has 0 saturated heterocycles. The van der Waals surface area contributed by atoms with Crippen molar-refractivity contribution in [3.63, 3.8) is 0 Å². The highest BCUT2D eigenvalue weighted by Crippen LogP contribution is 2.21. The van der Waals surface area contributed by atoms with Gasteiger partial charge < -0.3 is 10.1 Å². The maximum absolute atomic E-state index is 5.80. The Kier molecular flexibility index (Phi) is 5.81. The zero-order valence-electron chi connectivity index (χ0n) is 13.2. The summed E-state index contributed by atoms with van der Waals surface area (Å²) in [6, 6.07) is 8.20. The molecule has 0 atom stereocenters. The minimum Gasteiger partial charge on any atom is -0.454 e. The lowest BCUT2D eigenvalue weighted by atomic mass is 10.2. The first-order chi connectivity index (χ1) is 10.2. The third-order valence-electron chi connectivity index (χ3n) is 3.10. The fourth-order valence-electron chi connectivity index (χ4n) is 2.07. The number of rotatable bonds is 8. The van der Waals surface area contributed by atoms with Crippen molar-refractivity contribution in [3.05, 3.63) is 42.2 Å². The van der Waals surface area contributed by atoms with Gasteiger partial charge in [-0.1, -0.05) is 32.9 Å². The normalized spacial score (nSPS) is 11.0. The van der Waals surface area contributed by atoms with E-state index in [9.17, 15) is 0 Å². The van der Waals surface area contributed by atoms with E-state index in [2.05, 4.69) is 43.3 Å². The molecule has 0 aliphatic heterocycles. The molecule has 4 nitrogen and oxygen atoms in total. The van der Waals surface area contributed by atoms with Gasteiger partial charge in [-0.2, -0.15) is 5.10 Å². The molecule has 21 heavy (non-hydrogen) atoms. The predicted molar refractivity (Wildman–Crippen MR) is 85.6 cm³/mol. The molecule has 114 valence electrons. The molecule has 1 N–H and O–H groups in total. The molecule has 0 aliphatic carbocycles. The molecule has 1 aromatic heterocycles. The van der Waals surface area contributed by atoms with Crippen LogP contribution >= 0.6 is 0 Å². The molecule has 2 rings (SSSR count). The predicted octanol–water partition coefficient (Wildman–Crippen LogP) is 3.83. The number of aromatic nitrogens is 2. The van der Waals surface area contributed by atoms with Gasteiger partial charge in [0.15, 0.2) is 5.75 Å². The van der Waals surface area contributed by atoms with Crippen molar-refractivity contribution in [3.8, 4) is 11.5 Å². The Balaban J connectivity index is 1.86. The molecule has 1 heterocycles. The smallest absolute Gasteiger partial charge is 0.165 e. The standard InChI is InChI=1S/C17H25N3O/c1-4-9-20-13-17(12-19-20)21-16-7-5-15(6-8-16)11-18-10-14(2)3/h5-8,12-14,18H,4,9-11H2,1-3H3. The molecule has 0 unspecified atom stereocenters. The summed E-state index contributed by atoms with van der Waals surface area (Å²) in [5.41, 5.74) is 1.27. The third kappa shape index (κ3) is 5.23. The molecule has 0 fully saturated rings. The number of hydrogen-bond donors (Lipinski definition) is 1. The van der Waals surface area contributed by atoms with Crippen molar-refractivity contribution in [2.24, 2.45) is 5.92 Å². The molecular formula is C17H25N3O. The maximum Gasteiger partial charge on any atom is 0.165 e. The van der Waals surface area contributed by atoms with E-state index in [1.807, 2.05) is 23.0 Å². The van der Waals surface area contributed by atoms with Crippen molar-refractivity contribution in [1.29, 1.82) is 0 Å². The minimum atomic E-state index is 0.673. The average Bonchev–Trinajstić information content (AvgIpc) is 2.88. The van der Waals surface area contributed by atoms with E-state index in [4.69, 9.17) is 4.74 Å². The Labute approximate surface area is 127 Å². The molecule has 0 saturated carbocycles. The quantitative estimate of drug-likeness (QED) is 0.802. The molecule has 4 heteroatoms. The monoisotopic (exact) mass is 287 g/mol. The summed E-state index contributed by atoms with van der Waals surface area (Å²) < 4.78 is 7.70. The first-order valence-electron chi connectivity index (χ1n) is 7.67. The molecule has 0 radical (unpaired) electrons. The number of aryl methyl sites for hydroxylation is 1. The first-order valence-corrected chi connectivity index (χ1v) is 7.67. The van der Waals surface area contributed by atoms with Crippen LogP contribution in [-0.2, 0) is 13.1 Å². The summed E-state index contributed by atoms with van der Waals surface area (Å²) in [6.07, 6.45) is 4.76. The van der Waals surface area contributed by atoms with Crippen LogP contribution in [0.2, 0.25) is 0 Å². The lowest BCUT2D eigenvalue weighted by Gasteiger charge is -2.08. The molecule has 0 aliphatic rings. The highest BCUT2D eigenvalue weighted by Gasteiger charge is 2.01. The van der Waals surface area contributed by atoms with Gasteiger partial charge in [-0.25, -0.2) is 0 Å². The molecule has 1 aromatic carbocycles. The molecular weight excluding hydrogens is 262 g/mol. The number of nitrogens with zero attached hydrogens (tertiary/aromatic N) is 2. The Bertz CT molecular complexity index is 531. The van der Waals surface area contributed by atoms with E-state index in [1.165, 1.54) is 5.56 Å². The van der Waals surface area contributed by atoms with Crippen LogP contribution in [0.4, 0.5) is 0 Å². The average molecular weight is 287 g/mol. The molecule has 0 bridgehead atoms. The summed E-state index contributed by atoms with van der Waals surface area (Å²) in [5.74, 6) is 2.31. The summed E-state index contributed by atoms with van der Waals surface area (Å²) >= 11 is 0.